The molecule has 0 spiro atoms. The molecule has 0 aliphatic rings. The van der Waals surface area contributed by atoms with Crippen molar-refractivity contribution < 1.29 is 4.79 Å². The van der Waals surface area contributed by atoms with E-state index < -0.39 is 0 Å². The molecule has 0 saturated carbocycles. The third-order valence-corrected chi connectivity index (χ3v) is 2.10. The summed E-state index contributed by atoms with van der Waals surface area (Å²) in [5.41, 5.74) is 1.53. The highest BCUT2D eigenvalue weighted by molar-refractivity contribution is 5.83. The maximum atomic E-state index is 11.7. The summed E-state index contributed by atoms with van der Waals surface area (Å²) in [4.78, 5) is 11.7. The lowest BCUT2D eigenvalue weighted by Crippen LogP contribution is -2.42. The van der Waals surface area contributed by atoms with Crippen molar-refractivity contribution in [2.24, 2.45) is 0 Å². The Morgan fingerprint density at radius 2 is 2.12 bits per heavy atom. The van der Waals surface area contributed by atoms with Crippen LogP contribution in [0.4, 0.5) is 0 Å². The molecule has 0 bridgehead atoms. The molecule has 1 unspecified atom stereocenters. The zero-order valence-corrected chi connectivity index (χ0v) is 10.5. The van der Waals surface area contributed by atoms with E-state index in [1.807, 2.05) is 13.8 Å². The molecule has 1 amide bonds. The van der Waals surface area contributed by atoms with Gasteiger partial charge in [0, 0.05) is 5.70 Å². The minimum absolute atomic E-state index is 0.0513. The van der Waals surface area contributed by atoms with Gasteiger partial charge >= 0.3 is 0 Å². The Morgan fingerprint density at radius 1 is 1.50 bits per heavy atom. The van der Waals surface area contributed by atoms with Gasteiger partial charge in [0.15, 0.2) is 0 Å². The largest absolute Gasteiger partial charge is 0.325 e. The van der Waals surface area contributed by atoms with Gasteiger partial charge in [0.05, 0.1) is 6.04 Å². The Hall–Kier alpha value is -1.35. The molecule has 0 fully saturated rings. The molecule has 0 aliphatic carbocycles. The first-order chi connectivity index (χ1) is 7.52. The fraction of sp³-hybridized carbons (Fsp3) is 0.462. The van der Waals surface area contributed by atoms with Gasteiger partial charge in [-0.1, -0.05) is 26.2 Å². The van der Waals surface area contributed by atoms with Gasteiger partial charge in [0.25, 0.3) is 0 Å². The molecular weight excluding hydrogens is 200 g/mol. The Balaban J connectivity index is 4.35. The molecule has 0 aromatic heterocycles. The van der Waals surface area contributed by atoms with Crippen LogP contribution in [0, 0.1) is 0 Å². The summed E-state index contributed by atoms with van der Waals surface area (Å²) in [6.45, 7) is 14.0. The van der Waals surface area contributed by atoms with E-state index in [0.29, 0.717) is 5.70 Å². The number of hydrogen-bond donors (Lipinski definition) is 2. The van der Waals surface area contributed by atoms with Crippen molar-refractivity contribution in [1.29, 1.82) is 0 Å². The SMILES string of the molecule is C=C/C=C(/NC(=O)C(C)NCCC)C(=C)C. The highest BCUT2D eigenvalue weighted by Gasteiger charge is 2.12. The maximum absolute atomic E-state index is 11.7. The lowest BCUT2D eigenvalue weighted by molar-refractivity contribution is -0.122. The minimum Gasteiger partial charge on any atom is -0.325 e. The zero-order valence-electron chi connectivity index (χ0n) is 10.5. The number of allylic oxidation sites excluding steroid dienone is 3. The van der Waals surface area contributed by atoms with E-state index in [-0.39, 0.29) is 11.9 Å². The average molecular weight is 222 g/mol. The average Bonchev–Trinajstić information content (AvgIpc) is 2.24. The Morgan fingerprint density at radius 3 is 2.56 bits per heavy atom. The highest BCUT2D eigenvalue weighted by Crippen LogP contribution is 2.03. The summed E-state index contributed by atoms with van der Waals surface area (Å²) in [5, 5.41) is 5.94. The first-order valence-corrected chi connectivity index (χ1v) is 5.55. The predicted molar refractivity (Wildman–Crippen MR) is 69.0 cm³/mol. The summed E-state index contributed by atoms with van der Waals surface area (Å²) in [5.74, 6) is -0.0513. The topological polar surface area (TPSA) is 41.1 Å². The lowest BCUT2D eigenvalue weighted by atomic mass is 10.2. The highest BCUT2D eigenvalue weighted by atomic mass is 16.2. The van der Waals surface area contributed by atoms with Crippen molar-refractivity contribution in [3.63, 3.8) is 0 Å². The number of carbonyl (C=O) groups excluding carboxylic acids is 1. The molecular formula is C13H22N2O. The van der Waals surface area contributed by atoms with Crippen LogP contribution in [0.15, 0.2) is 36.6 Å². The van der Waals surface area contributed by atoms with Gasteiger partial charge < -0.3 is 10.6 Å². The predicted octanol–water partition coefficient (Wildman–Crippen LogP) is 2.14. The second-order valence-corrected chi connectivity index (χ2v) is 3.76. The van der Waals surface area contributed by atoms with Crippen LogP contribution in [0.5, 0.6) is 0 Å². The van der Waals surface area contributed by atoms with Crippen LogP contribution >= 0.6 is 0 Å². The Labute approximate surface area is 98.3 Å². The molecule has 3 heteroatoms. The van der Waals surface area contributed by atoms with E-state index in [9.17, 15) is 4.79 Å². The quantitative estimate of drug-likeness (QED) is 0.648. The number of carbonyl (C=O) groups is 1. The van der Waals surface area contributed by atoms with E-state index in [2.05, 4.69) is 30.7 Å². The van der Waals surface area contributed by atoms with Gasteiger partial charge in [-0.3, -0.25) is 4.79 Å². The van der Waals surface area contributed by atoms with Crippen molar-refractivity contribution >= 4 is 5.91 Å². The zero-order chi connectivity index (χ0) is 12.6. The van der Waals surface area contributed by atoms with Crippen LogP contribution < -0.4 is 10.6 Å². The number of rotatable bonds is 7. The molecule has 0 aromatic carbocycles. The van der Waals surface area contributed by atoms with Crippen LogP contribution in [0.25, 0.3) is 0 Å². The van der Waals surface area contributed by atoms with Crippen LogP contribution in [0.1, 0.15) is 27.2 Å². The standard InChI is InChI=1S/C13H22N2O/c1-6-8-12(10(3)4)15-13(16)11(5)14-9-7-2/h6,8,11,14H,1,3,7,9H2,2,4-5H3,(H,15,16)/b12-8+. The van der Waals surface area contributed by atoms with Gasteiger partial charge in [0.2, 0.25) is 5.91 Å². The number of hydrogen-bond acceptors (Lipinski definition) is 2. The van der Waals surface area contributed by atoms with Crippen molar-refractivity contribution in [3.8, 4) is 0 Å². The van der Waals surface area contributed by atoms with Gasteiger partial charge in [0.1, 0.15) is 0 Å². The van der Waals surface area contributed by atoms with Crippen LogP contribution in [-0.2, 0) is 4.79 Å². The summed E-state index contributed by atoms with van der Waals surface area (Å²) in [6.07, 6.45) is 4.38. The fourth-order valence-electron chi connectivity index (χ4n) is 1.10. The molecule has 90 valence electrons. The molecule has 0 aromatic rings. The van der Waals surface area contributed by atoms with E-state index in [0.717, 1.165) is 18.5 Å². The number of amides is 1. The Bertz CT molecular complexity index is 292. The van der Waals surface area contributed by atoms with Crippen molar-refractivity contribution in [3.05, 3.63) is 36.6 Å². The molecule has 0 radical (unpaired) electrons. The molecule has 0 rings (SSSR count). The van der Waals surface area contributed by atoms with Crippen molar-refractivity contribution in [2.75, 3.05) is 6.54 Å². The van der Waals surface area contributed by atoms with E-state index in [1.165, 1.54) is 0 Å². The summed E-state index contributed by atoms with van der Waals surface area (Å²) < 4.78 is 0. The summed E-state index contributed by atoms with van der Waals surface area (Å²) >= 11 is 0. The first-order valence-electron chi connectivity index (χ1n) is 5.55. The first kappa shape index (κ1) is 14.6. The normalized spacial score (nSPS) is 13.1. The minimum atomic E-state index is -0.201. The number of nitrogens with one attached hydrogen (secondary N) is 2. The second-order valence-electron chi connectivity index (χ2n) is 3.76. The van der Waals surface area contributed by atoms with E-state index in [1.54, 1.807) is 12.2 Å². The summed E-state index contributed by atoms with van der Waals surface area (Å²) in [7, 11) is 0. The lowest BCUT2D eigenvalue weighted by Gasteiger charge is -2.15. The maximum Gasteiger partial charge on any atom is 0.241 e. The van der Waals surface area contributed by atoms with Crippen LogP contribution in [0.2, 0.25) is 0 Å². The Kier molecular flexibility index (Phi) is 7.21. The molecule has 1 atom stereocenters. The van der Waals surface area contributed by atoms with Crippen LogP contribution in [0.3, 0.4) is 0 Å². The molecule has 0 aliphatic heterocycles. The molecule has 2 N–H and O–H groups in total. The molecule has 3 nitrogen and oxygen atoms in total. The molecule has 0 saturated heterocycles. The van der Waals surface area contributed by atoms with Crippen LogP contribution in [-0.4, -0.2) is 18.5 Å². The van der Waals surface area contributed by atoms with Gasteiger partial charge in [-0.2, -0.15) is 0 Å². The van der Waals surface area contributed by atoms with Gasteiger partial charge in [-0.05, 0) is 38.5 Å². The van der Waals surface area contributed by atoms with E-state index in [4.69, 9.17) is 0 Å². The smallest absolute Gasteiger partial charge is 0.241 e. The fourth-order valence-corrected chi connectivity index (χ4v) is 1.10. The van der Waals surface area contributed by atoms with Gasteiger partial charge in [-0.25, -0.2) is 0 Å². The molecule has 16 heavy (non-hydrogen) atoms. The monoisotopic (exact) mass is 222 g/mol. The summed E-state index contributed by atoms with van der Waals surface area (Å²) in [6, 6.07) is -0.201. The van der Waals surface area contributed by atoms with Crippen molar-refractivity contribution in [1.82, 2.24) is 10.6 Å². The third-order valence-electron chi connectivity index (χ3n) is 2.10. The van der Waals surface area contributed by atoms with E-state index >= 15 is 0 Å². The second kappa shape index (κ2) is 7.88. The molecule has 0 heterocycles. The van der Waals surface area contributed by atoms with Crippen molar-refractivity contribution in [2.45, 2.75) is 33.2 Å². The van der Waals surface area contributed by atoms with Gasteiger partial charge in [-0.15, -0.1) is 0 Å². The third kappa shape index (κ3) is 5.51.